The molecule has 0 aromatic rings. The van der Waals surface area contributed by atoms with Crippen molar-refractivity contribution in [2.45, 2.75) is 52.9 Å². The Labute approximate surface area is 128 Å². The topological polar surface area (TPSA) is 70.7 Å². The molecule has 0 atom stereocenters. The van der Waals surface area contributed by atoms with Gasteiger partial charge in [-0.1, -0.05) is 12.8 Å². The van der Waals surface area contributed by atoms with Crippen molar-refractivity contribution in [1.82, 2.24) is 10.2 Å². The molecule has 1 aliphatic carbocycles. The fourth-order valence-corrected chi connectivity index (χ4v) is 3.43. The van der Waals surface area contributed by atoms with E-state index >= 15 is 0 Å². The first-order valence-electron chi connectivity index (χ1n) is 8.22. The first-order chi connectivity index (χ1) is 9.88. The Hall–Kier alpha value is -1.26. The SMILES string of the molecule is CCNC(=NCC(C)(C)C(N)=O)N1CCC2(CCCC2)C1. The predicted molar refractivity (Wildman–Crippen MR) is 86.0 cm³/mol. The molecule has 0 aromatic carbocycles. The number of primary amides is 1. The van der Waals surface area contributed by atoms with E-state index in [1.54, 1.807) is 0 Å². The molecule has 0 radical (unpaired) electrons. The molecule has 1 spiro atoms. The fourth-order valence-electron chi connectivity index (χ4n) is 3.43. The Balaban J connectivity index is 2.03. The Bertz CT molecular complexity index is 411. The van der Waals surface area contributed by atoms with Crippen LogP contribution < -0.4 is 11.1 Å². The van der Waals surface area contributed by atoms with Crippen molar-refractivity contribution in [3.05, 3.63) is 0 Å². The van der Waals surface area contributed by atoms with Gasteiger partial charge in [0.15, 0.2) is 5.96 Å². The van der Waals surface area contributed by atoms with Crippen molar-refractivity contribution < 1.29 is 4.79 Å². The maximum atomic E-state index is 11.4. The molecule has 1 aliphatic heterocycles. The first-order valence-corrected chi connectivity index (χ1v) is 8.22. The summed E-state index contributed by atoms with van der Waals surface area (Å²) in [5.41, 5.74) is 5.37. The van der Waals surface area contributed by atoms with Crippen molar-refractivity contribution in [2.75, 3.05) is 26.2 Å². The molecule has 5 heteroatoms. The second-order valence-corrected chi connectivity index (χ2v) is 7.30. The molecular formula is C16H30N4O. The molecule has 0 unspecified atom stereocenters. The highest BCUT2D eigenvalue weighted by Crippen LogP contribution is 2.45. The number of hydrogen-bond donors (Lipinski definition) is 2. The van der Waals surface area contributed by atoms with Gasteiger partial charge in [0, 0.05) is 19.6 Å². The number of nitrogens with one attached hydrogen (secondary N) is 1. The third-order valence-corrected chi connectivity index (χ3v) is 5.03. The number of aliphatic imine (C=N–C) groups is 1. The van der Waals surface area contributed by atoms with Crippen molar-refractivity contribution in [2.24, 2.45) is 21.6 Å². The van der Waals surface area contributed by atoms with E-state index in [0.717, 1.165) is 25.6 Å². The largest absolute Gasteiger partial charge is 0.369 e. The van der Waals surface area contributed by atoms with E-state index in [4.69, 9.17) is 5.73 Å². The first kappa shape index (κ1) is 16.1. The van der Waals surface area contributed by atoms with Crippen LogP contribution in [0.15, 0.2) is 4.99 Å². The van der Waals surface area contributed by atoms with Crippen LogP contribution in [-0.4, -0.2) is 42.9 Å². The summed E-state index contributed by atoms with van der Waals surface area (Å²) < 4.78 is 0. The van der Waals surface area contributed by atoms with Gasteiger partial charge in [-0.05, 0) is 45.4 Å². The van der Waals surface area contributed by atoms with Gasteiger partial charge in [-0.15, -0.1) is 0 Å². The summed E-state index contributed by atoms with van der Waals surface area (Å²) in [4.78, 5) is 18.5. The van der Waals surface area contributed by atoms with Gasteiger partial charge >= 0.3 is 0 Å². The molecule has 2 fully saturated rings. The van der Waals surface area contributed by atoms with Crippen LogP contribution in [0.2, 0.25) is 0 Å². The van der Waals surface area contributed by atoms with Crippen molar-refractivity contribution in [1.29, 1.82) is 0 Å². The van der Waals surface area contributed by atoms with Crippen LogP contribution in [-0.2, 0) is 4.79 Å². The summed E-state index contributed by atoms with van der Waals surface area (Å²) in [6, 6.07) is 0. The van der Waals surface area contributed by atoms with Crippen LogP contribution in [0.1, 0.15) is 52.9 Å². The van der Waals surface area contributed by atoms with Crippen LogP contribution >= 0.6 is 0 Å². The summed E-state index contributed by atoms with van der Waals surface area (Å²) in [5, 5.41) is 3.37. The Morgan fingerprint density at radius 2 is 2.00 bits per heavy atom. The van der Waals surface area contributed by atoms with E-state index in [1.807, 2.05) is 13.8 Å². The maximum absolute atomic E-state index is 11.4. The van der Waals surface area contributed by atoms with E-state index in [9.17, 15) is 4.79 Å². The second kappa shape index (κ2) is 6.24. The van der Waals surface area contributed by atoms with Gasteiger partial charge in [-0.3, -0.25) is 9.79 Å². The molecule has 2 aliphatic rings. The van der Waals surface area contributed by atoms with Crippen molar-refractivity contribution in [3.63, 3.8) is 0 Å². The van der Waals surface area contributed by atoms with E-state index in [-0.39, 0.29) is 5.91 Å². The minimum Gasteiger partial charge on any atom is -0.369 e. The zero-order valence-corrected chi connectivity index (χ0v) is 13.7. The Kier molecular flexibility index (Phi) is 4.79. The summed E-state index contributed by atoms with van der Waals surface area (Å²) in [6.07, 6.45) is 6.73. The molecule has 2 rings (SSSR count). The minimum absolute atomic E-state index is 0.296. The number of guanidine groups is 1. The normalized spacial score (nSPS) is 22.0. The van der Waals surface area contributed by atoms with E-state index < -0.39 is 5.41 Å². The second-order valence-electron chi connectivity index (χ2n) is 7.30. The van der Waals surface area contributed by atoms with Crippen LogP contribution in [0, 0.1) is 10.8 Å². The Morgan fingerprint density at radius 3 is 2.57 bits per heavy atom. The van der Waals surface area contributed by atoms with Gasteiger partial charge in [-0.2, -0.15) is 0 Å². The Morgan fingerprint density at radius 1 is 1.33 bits per heavy atom. The molecule has 1 saturated heterocycles. The summed E-state index contributed by atoms with van der Waals surface area (Å²) in [5.74, 6) is 0.645. The molecule has 1 heterocycles. The maximum Gasteiger partial charge on any atom is 0.224 e. The molecule has 1 amide bonds. The number of carbonyl (C=O) groups excluding carboxylic acids is 1. The summed E-state index contributed by atoms with van der Waals surface area (Å²) >= 11 is 0. The van der Waals surface area contributed by atoms with Gasteiger partial charge < -0.3 is 16.0 Å². The zero-order valence-electron chi connectivity index (χ0n) is 13.7. The molecule has 21 heavy (non-hydrogen) atoms. The van der Waals surface area contributed by atoms with E-state index in [1.165, 1.54) is 32.1 Å². The number of likely N-dealkylation sites (tertiary alicyclic amines) is 1. The lowest BCUT2D eigenvalue weighted by Gasteiger charge is -2.27. The van der Waals surface area contributed by atoms with Crippen LogP contribution in [0.3, 0.4) is 0 Å². The van der Waals surface area contributed by atoms with Crippen molar-refractivity contribution in [3.8, 4) is 0 Å². The van der Waals surface area contributed by atoms with Gasteiger partial charge in [0.2, 0.25) is 5.91 Å². The molecule has 5 nitrogen and oxygen atoms in total. The van der Waals surface area contributed by atoms with Crippen LogP contribution in [0.25, 0.3) is 0 Å². The average molecular weight is 294 g/mol. The minimum atomic E-state index is -0.592. The molecule has 0 aromatic heterocycles. The third kappa shape index (κ3) is 3.69. The number of carbonyl (C=O) groups is 1. The molecular weight excluding hydrogens is 264 g/mol. The lowest BCUT2D eigenvalue weighted by molar-refractivity contribution is -0.125. The van der Waals surface area contributed by atoms with Crippen LogP contribution in [0.5, 0.6) is 0 Å². The number of nitrogens with two attached hydrogens (primary N) is 1. The highest BCUT2D eigenvalue weighted by molar-refractivity contribution is 5.83. The standard InChI is InChI=1S/C16H30N4O/c1-4-18-14(19-11-15(2,3)13(17)21)20-10-9-16(12-20)7-5-6-8-16/h4-12H2,1-3H3,(H2,17,21)(H,18,19). The average Bonchev–Trinajstić information content (AvgIpc) is 3.05. The number of rotatable bonds is 4. The van der Waals surface area contributed by atoms with E-state index in [2.05, 4.69) is 22.1 Å². The highest BCUT2D eigenvalue weighted by Gasteiger charge is 2.41. The number of hydrogen-bond acceptors (Lipinski definition) is 2. The summed E-state index contributed by atoms with van der Waals surface area (Å²) in [6.45, 7) is 9.25. The number of nitrogens with zero attached hydrogens (tertiary/aromatic N) is 2. The van der Waals surface area contributed by atoms with Crippen LogP contribution in [0.4, 0.5) is 0 Å². The smallest absolute Gasteiger partial charge is 0.224 e. The molecule has 1 saturated carbocycles. The van der Waals surface area contributed by atoms with Crippen molar-refractivity contribution >= 4 is 11.9 Å². The molecule has 120 valence electrons. The third-order valence-electron chi connectivity index (χ3n) is 5.03. The lowest BCUT2D eigenvalue weighted by atomic mass is 9.86. The van der Waals surface area contributed by atoms with Gasteiger partial charge in [0.05, 0.1) is 12.0 Å². The molecule has 0 bridgehead atoms. The zero-order chi connectivity index (χ0) is 15.5. The molecule has 3 N–H and O–H groups in total. The monoisotopic (exact) mass is 294 g/mol. The van der Waals surface area contributed by atoms with Gasteiger partial charge in [-0.25, -0.2) is 0 Å². The number of amides is 1. The highest BCUT2D eigenvalue weighted by atomic mass is 16.1. The lowest BCUT2D eigenvalue weighted by Crippen LogP contribution is -2.42. The van der Waals surface area contributed by atoms with Gasteiger partial charge in [0.1, 0.15) is 0 Å². The fraction of sp³-hybridized carbons (Fsp3) is 0.875. The predicted octanol–water partition coefficient (Wildman–Crippen LogP) is 1.73. The summed E-state index contributed by atoms with van der Waals surface area (Å²) in [7, 11) is 0. The quantitative estimate of drug-likeness (QED) is 0.613. The van der Waals surface area contributed by atoms with E-state index in [0.29, 0.717) is 12.0 Å². The van der Waals surface area contributed by atoms with Gasteiger partial charge in [0.25, 0.3) is 0 Å².